The van der Waals surface area contributed by atoms with E-state index in [4.69, 9.17) is 4.74 Å². The van der Waals surface area contributed by atoms with Crippen LogP contribution in [0.3, 0.4) is 0 Å². The van der Waals surface area contributed by atoms with E-state index in [1.165, 1.54) is 24.9 Å². The molecule has 0 spiro atoms. The average molecular weight is 556 g/mol. The number of aromatic hydroxyl groups is 1. The van der Waals surface area contributed by atoms with Gasteiger partial charge in [0, 0.05) is 18.4 Å². The molecule has 0 aliphatic rings. The fourth-order valence-electron chi connectivity index (χ4n) is 2.89. The molecule has 0 aliphatic heterocycles. The van der Waals surface area contributed by atoms with Crippen molar-refractivity contribution in [3.8, 4) is 28.4 Å². The summed E-state index contributed by atoms with van der Waals surface area (Å²) < 4.78 is 18.8. The first-order chi connectivity index (χ1) is 14.0. The van der Waals surface area contributed by atoms with Gasteiger partial charge in [0.15, 0.2) is 5.75 Å². The van der Waals surface area contributed by atoms with Gasteiger partial charge < -0.3 is 19.8 Å². The molecule has 3 rings (SSSR count). The third-order valence-corrected chi connectivity index (χ3v) is 6.27. The van der Waals surface area contributed by atoms with Gasteiger partial charge in [-0.05, 0) is 85.5 Å². The normalized spacial score (nSPS) is 12.9. The van der Waals surface area contributed by atoms with Crippen molar-refractivity contribution in [2.45, 2.75) is 6.16 Å². The number of hydrogen-bond donors (Lipinski definition) is 3. The predicted molar refractivity (Wildman–Crippen MR) is 122 cm³/mol. The fourth-order valence-corrected chi connectivity index (χ4v) is 5.19. The molecule has 0 heterocycles. The summed E-state index contributed by atoms with van der Waals surface area (Å²) in [5, 5.41) is 19.5. The van der Waals surface area contributed by atoms with E-state index < -0.39 is 13.3 Å². The molecular formula is C21H17Br2O6P. The van der Waals surface area contributed by atoms with Crippen LogP contribution in [0.2, 0.25) is 0 Å². The second-order valence-corrected chi connectivity index (χ2v) is 10.9. The van der Waals surface area contributed by atoms with Crippen LogP contribution in [0.5, 0.6) is 17.2 Å². The van der Waals surface area contributed by atoms with E-state index in [0.717, 1.165) is 0 Å². The smallest absolute Gasteiger partial charge is 0.335 e. The highest BCUT2D eigenvalue weighted by Crippen LogP contribution is 2.44. The van der Waals surface area contributed by atoms with Gasteiger partial charge in [-0.2, -0.15) is 0 Å². The molecule has 6 nitrogen and oxygen atoms in total. The molecule has 156 valence electrons. The third-order valence-electron chi connectivity index (χ3n) is 4.14. The van der Waals surface area contributed by atoms with E-state index >= 15 is 0 Å². The van der Waals surface area contributed by atoms with Crippen LogP contribution in [0.15, 0.2) is 63.5 Å². The van der Waals surface area contributed by atoms with Crippen LogP contribution in [-0.2, 0) is 10.7 Å². The second-order valence-electron chi connectivity index (χ2n) is 6.76. The Labute approximate surface area is 189 Å². The van der Waals surface area contributed by atoms with E-state index in [1.807, 2.05) is 0 Å². The minimum Gasteiger partial charge on any atom is -0.507 e. The predicted octanol–water partition coefficient (Wildman–Crippen LogP) is 6.47. The lowest BCUT2D eigenvalue weighted by molar-refractivity contribution is 0.0697. The van der Waals surface area contributed by atoms with Gasteiger partial charge in [0.05, 0.1) is 14.5 Å². The summed E-state index contributed by atoms with van der Waals surface area (Å²) in [7, 11) is -3.22. The Kier molecular flexibility index (Phi) is 6.72. The Morgan fingerprint density at radius 2 is 1.73 bits per heavy atom. The highest BCUT2D eigenvalue weighted by molar-refractivity contribution is 9.11. The van der Waals surface area contributed by atoms with E-state index in [0.29, 0.717) is 37.1 Å². The van der Waals surface area contributed by atoms with E-state index in [9.17, 15) is 24.5 Å². The first-order valence-corrected chi connectivity index (χ1v) is 12.5. The van der Waals surface area contributed by atoms with Crippen molar-refractivity contribution in [2.24, 2.45) is 0 Å². The highest BCUT2D eigenvalue weighted by atomic mass is 79.9. The molecule has 0 aromatic heterocycles. The Morgan fingerprint density at radius 1 is 1.07 bits per heavy atom. The highest BCUT2D eigenvalue weighted by Gasteiger charge is 2.17. The van der Waals surface area contributed by atoms with Crippen molar-refractivity contribution in [2.75, 3.05) is 6.66 Å². The van der Waals surface area contributed by atoms with Gasteiger partial charge >= 0.3 is 5.97 Å². The summed E-state index contributed by atoms with van der Waals surface area (Å²) in [5.74, 6) is -0.198. The quantitative estimate of drug-likeness (QED) is 0.301. The average Bonchev–Trinajstić information content (AvgIpc) is 2.64. The van der Waals surface area contributed by atoms with E-state index in [2.05, 4.69) is 31.9 Å². The van der Waals surface area contributed by atoms with E-state index in [-0.39, 0.29) is 17.5 Å². The number of aromatic carboxylic acids is 1. The van der Waals surface area contributed by atoms with Gasteiger partial charge in [-0.15, -0.1) is 0 Å². The van der Waals surface area contributed by atoms with Gasteiger partial charge in [0.25, 0.3) is 0 Å². The van der Waals surface area contributed by atoms with Crippen LogP contribution >= 0.6 is 39.2 Å². The van der Waals surface area contributed by atoms with Crippen molar-refractivity contribution in [1.82, 2.24) is 0 Å². The number of phenolic OH excluding ortho intramolecular Hbond substituents is 1. The van der Waals surface area contributed by atoms with Crippen molar-refractivity contribution >= 4 is 45.2 Å². The zero-order valence-corrected chi connectivity index (χ0v) is 19.7. The molecule has 0 saturated carbocycles. The van der Waals surface area contributed by atoms with E-state index in [1.54, 1.807) is 36.4 Å². The molecule has 30 heavy (non-hydrogen) atoms. The Morgan fingerprint density at radius 3 is 2.33 bits per heavy atom. The number of benzene rings is 3. The number of carboxylic acids is 1. The van der Waals surface area contributed by atoms with Gasteiger partial charge in [-0.25, -0.2) is 4.79 Å². The lowest BCUT2D eigenvalue weighted by Gasteiger charge is -2.14. The van der Waals surface area contributed by atoms with Crippen LogP contribution in [0.1, 0.15) is 15.9 Å². The maximum absolute atomic E-state index is 11.7. The monoisotopic (exact) mass is 554 g/mol. The van der Waals surface area contributed by atoms with Gasteiger partial charge in [-0.3, -0.25) is 4.57 Å². The minimum absolute atomic E-state index is 0.0139. The van der Waals surface area contributed by atoms with Gasteiger partial charge in [-0.1, -0.05) is 12.1 Å². The number of carbonyl (C=O) groups is 1. The topological polar surface area (TPSA) is 104 Å². The molecule has 0 amide bonds. The molecule has 0 fully saturated rings. The number of rotatable bonds is 6. The Bertz CT molecular complexity index is 1150. The summed E-state index contributed by atoms with van der Waals surface area (Å²) in [4.78, 5) is 20.8. The number of hydrogen-bond acceptors (Lipinski definition) is 4. The standard InChI is InChI=1S/C21H17Br2O6P/c1-30(27,28)11-12-7-17(22)20(18(23)8-12)29-15-5-6-19(24)16(10-15)13-3-2-4-14(9-13)21(25)26/h2-10,24H,11H2,1H3,(H,25,26)(H,27,28). The summed E-state index contributed by atoms with van der Waals surface area (Å²) >= 11 is 6.85. The summed E-state index contributed by atoms with van der Waals surface area (Å²) in [5.41, 5.74) is 1.74. The number of phenols is 1. The maximum Gasteiger partial charge on any atom is 0.335 e. The molecule has 1 atom stereocenters. The molecule has 3 N–H and O–H groups in total. The van der Waals surface area contributed by atoms with Crippen molar-refractivity contribution in [3.05, 3.63) is 74.7 Å². The fraction of sp³-hybridized carbons (Fsp3) is 0.0952. The molecule has 0 aliphatic carbocycles. The SMILES string of the molecule is CP(=O)(O)Cc1cc(Br)c(Oc2ccc(O)c(-c3cccc(C(=O)O)c3)c2)c(Br)c1. The number of ether oxygens (including phenoxy) is 1. The number of carboxylic acid groups (broad SMARTS) is 1. The number of halogens is 2. The molecule has 0 bridgehead atoms. The van der Waals surface area contributed by atoms with Crippen LogP contribution in [0.25, 0.3) is 11.1 Å². The van der Waals surface area contributed by atoms with Crippen molar-refractivity contribution in [3.63, 3.8) is 0 Å². The molecule has 1 unspecified atom stereocenters. The first-order valence-electron chi connectivity index (χ1n) is 8.65. The van der Waals surface area contributed by atoms with Gasteiger partial charge in [0.2, 0.25) is 7.37 Å². The van der Waals surface area contributed by atoms with Crippen molar-refractivity contribution < 1.29 is 29.2 Å². The maximum atomic E-state index is 11.7. The molecule has 0 saturated heterocycles. The van der Waals surface area contributed by atoms with Gasteiger partial charge in [0.1, 0.15) is 11.5 Å². The summed E-state index contributed by atoms with van der Waals surface area (Å²) in [6.07, 6.45) is 0.0355. The zero-order chi connectivity index (χ0) is 22.1. The Hall–Kier alpha value is -2.12. The lowest BCUT2D eigenvalue weighted by Crippen LogP contribution is -1.96. The Balaban J connectivity index is 1.95. The van der Waals surface area contributed by atoms with Crippen LogP contribution < -0.4 is 4.74 Å². The molecular weight excluding hydrogens is 539 g/mol. The van der Waals surface area contributed by atoms with Crippen LogP contribution in [0.4, 0.5) is 0 Å². The molecule has 3 aromatic carbocycles. The largest absolute Gasteiger partial charge is 0.507 e. The molecule has 9 heteroatoms. The summed E-state index contributed by atoms with van der Waals surface area (Å²) in [6, 6.07) is 14.3. The lowest BCUT2D eigenvalue weighted by atomic mass is 10.0. The zero-order valence-electron chi connectivity index (χ0n) is 15.7. The molecule has 3 aromatic rings. The second kappa shape index (κ2) is 8.94. The minimum atomic E-state index is -3.22. The van der Waals surface area contributed by atoms with Crippen LogP contribution in [0, 0.1) is 0 Å². The molecule has 0 radical (unpaired) electrons. The van der Waals surface area contributed by atoms with Crippen LogP contribution in [-0.4, -0.2) is 27.7 Å². The third kappa shape index (κ3) is 5.52. The first kappa shape index (κ1) is 22.6. The van der Waals surface area contributed by atoms with Crippen molar-refractivity contribution in [1.29, 1.82) is 0 Å². The summed E-state index contributed by atoms with van der Waals surface area (Å²) in [6.45, 7) is 1.30.